The Hall–Kier alpha value is -1.34. The molecule has 1 rings (SSSR count). The summed E-state index contributed by atoms with van der Waals surface area (Å²) in [5, 5.41) is 18.3. The van der Waals surface area contributed by atoms with Crippen molar-refractivity contribution >= 4 is 5.69 Å². The molecule has 0 aliphatic rings. The van der Waals surface area contributed by atoms with Crippen LogP contribution in [0.4, 0.5) is 23.2 Å². The SMILES string of the molecule is C[C@@H](O)c1c(F)cccc1N(CCO)CC(F)(F)F. The number of hydrogen-bond donors (Lipinski definition) is 2. The van der Waals surface area contributed by atoms with Crippen molar-refractivity contribution in [2.75, 3.05) is 24.6 Å². The van der Waals surface area contributed by atoms with E-state index in [0.717, 1.165) is 11.0 Å². The first-order valence-electron chi connectivity index (χ1n) is 5.65. The van der Waals surface area contributed by atoms with Gasteiger partial charge in [0.2, 0.25) is 0 Å². The monoisotopic (exact) mass is 281 g/mol. The Labute approximate surface area is 108 Å². The molecule has 0 heterocycles. The number of hydrogen-bond acceptors (Lipinski definition) is 3. The van der Waals surface area contributed by atoms with Crippen molar-refractivity contribution in [2.45, 2.75) is 19.2 Å². The fraction of sp³-hybridized carbons (Fsp3) is 0.500. The molecule has 1 aromatic carbocycles. The molecule has 0 saturated heterocycles. The lowest BCUT2D eigenvalue weighted by Gasteiger charge is -2.28. The number of halogens is 4. The lowest BCUT2D eigenvalue weighted by Crippen LogP contribution is -2.37. The van der Waals surface area contributed by atoms with E-state index >= 15 is 0 Å². The highest BCUT2D eigenvalue weighted by molar-refractivity contribution is 5.55. The number of benzene rings is 1. The summed E-state index contributed by atoms with van der Waals surface area (Å²) in [4.78, 5) is 0.797. The molecule has 2 N–H and O–H groups in total. The molecule has 7 heteroatoms. The molecule has 0 aliphatic carbocycles. The van der Waals surface area contributed by atoms with Gasteiger partial charge in [-0.15, -0.1) is 0 Å². The summed E-state index contributed by atoms with van der Waals surface area (Å²) in [5.74, 6) is -0.780. The van der Waals surface area contributed by atoms with Gasteiger partial charge in [-0.3, -0.25) is 0 Å². The van der Waals surface area contributed by atoms with Crippen molar-refractivity contribution in [3.05, 3.63) is 29.6 Å². The summed E-state index contributed by atoms with van der Waals surface area (Å²) in [6.45, 7) is -0.863. The molecule has 1 atom stereocenters. The van der Waals surface area contributed by atoms with Crippen LogP contribution < -0.4 is 4.90 Å². The first-order chi connectivity index (χ1) is 8.76. The van der Waals surface area contributed by atoms with Gasteiger partial charge in [-0.1, -0.05) is 6.07 Å². The topological polar surface area (TPSA) is 43.7 Å². The largest absolute Gasteiger partial charge is 0.405 e. The number of rotatable bonds is 5. The Bertz CT molecular complexity index is 421. The molecule has 0 spiro atoms. The number of aliphatic hydroxyl groups is 2. The normalized spacial score (nSPS) is 13.4. The van der Waals surface area contributed by atoms with Crippen LogP contribution in [0, 0.1) is 5.82 Å². The van der Waals surface area contributed by atoms with Crippen LogP contribution in [0.1, 0.15) is 18.6 Å². The van der Waals surface area contributed by atoms with Gasteiger partial charge in [0.25, 0.3) is 0 Å². The predicted molar refractivity (Wildman–Crippen MR) is 62.4 cm³/mol. The summed E-state index contributed by atoms with van der Waals surface area (Å²) < 4.78 is 51.0. The Balaban J connectivity index is 3.18. The molecule has 1 aromatic rings. The van der Waals surface area contributed by atoms with Gasteiger partial charge < -0.3 is 15.1 Å². The zero-order valence-corrected chi connectivity index (χ0v) is 10.3. The number of anilines is 1. The Morgan fingerprint density at radius 3 is 2.42 bits per heavy atom. The molecule has 0 radical (unpaired) electrons. The van der Waals surface area contributed by atoms with Crippen LogP contribution in [-0.4, -0.2) is 36.1 Å². The molecular weight excluding hydrogens is 266 g/mol. The minimum absolute atomic E-state index is 0.0682. The maximum Gasteiger partial charge on any atom is 0.405 e. The van der Waals surface area contributed by atoms with Gasteiger partial charge in [0.05, 0.1) is 12.7 Å². The zero-order valence-electron chi connectivity index (χ0n) is 10.3. The lowest BCUT2D eigenvalue weighted by molar-refractivity contribution is -0.119. The first kappa shape index (κ1) is 15.7. The highest BCUT2D eigenvalue weighted by Crippen LogP contribution is 2.30. The van der Waals surface area contributed by atoms with Gasteiger partial charge in [0.1, 0.15) is 12.4 Å². The second kappa shape index (κ2) is 6.21. The van der Waals surface area contributed by atoms with E-state index in [0.29, 0.717) is 0 Å². The highest BCUT2D eigenvalue weighted by atomic mass is 19.4. The molecule has 19 heavy (non-hydrogen) atoms. The van der Waals surface area contributed by atoms with E-state index in [1.54, 1.807) is 0 Å². The maximum atomic E-state index is 13.6. The van der Waals surface area contributed by atoms with E-state index in [2.05, 4.69) is 0 Å². The molecular formula is C12H15F4NO2. The Morgan fingerprint density at radius 2 is 1.95 bits per heavy atom. The van der Waals surface area contributed by atoms with Gasteiger partial charge in [-0.25, -0.2) is 4.39 Å². The second-order valence-electron chi connectivity index (χ2n) is 4.11. The molecule has 108 valence electrons. The molecule has 0 saturated carbocycles. The van der Waals surface area contributed by atoms with Gasteiger partial charge in [-0.05, 0) is 19.1 Å². The summed E-state index contributed by atoms with van der Waals surface area (Å²) in [6, 6.07) is 3.61. The van der Waals surface area contributed by atoms with E-state index in [9.17, 15) is 22.7 Å². The van der Waals surface area contributed by atoms with Gasteiger partial charge >= 0.3 is 6.18 Å². The molecule has 3 nitrogen and oxygen atoms in total. The van der Waals surface area contributed by atoms with E-state index in [1.807, 2.05) is 0 Å². The molecule has 0 bridgehead atoms. The van der Waals surface area contributed by atoms with Crippen molar-refractivity contribution in [1.82, 2.24) is 0 Å². The van der Waals surface area contributed by atoms with E-state index in [-0.39, 0.29) is 17.8 Å². The van der Waals surface area contributed by atoms with Crippen LogP contribution in [0.5, 0.6) is 0 Å². The van der Waals surface area contributed by atoms with Crippen LogP contribution in [-0.2, 0) is 0 Å². The van der Waals surface area contributed by atoms with Crippen LogP contribution in [0.2, 0.25) is 0 Å². The Morgan fingerprint density at radius 1 is 1.32 bits per heavy atom. The molecule has 0 unspecified atom stereocenters. The fourth-order valence-electron chi connectivity index (χ4n) is 1.84. The average molecular weight is 281 g/mol. The first-order valence-corrected chi connectivity index (χ1v) is 5.65. The van der Waals surface area contributed by atoms with E-state index in [1.165, 1.54) is 19.1 Å². The van der Waals surface area contributed by atoms with E-state index < -0.39 is 31.2 Å². The maximum absolute atomic E-state index is 13.6. The molecule has 0 aliphatic heterocycles. The van der Waals surface area contributed by atoms with Crippen LogP contribution in [0.3, 0.4) is 0 Å². The van der Waals surface area contributed by atoms with Crippen molar-refractivity contribution in [3.8, 4) is 0 Å². The minimum atomic E-state index is -4.49. The van der Waals surface area contributed by atoms with Crippen molar-refractivity contribution in [1.29, 1.82) is 0 Å². The van der Waals surface area contributed by atoms with Crippen molar-refractivity contribution < 1.29 is 27.8 Å². The van der Waals surface area contributed by atoms with E-state index in [4.69, 9.17) is 5.11 Å². The number of aliphatic hydroxyl groups excluding tert-OH is 2. The molecule has 0 amide bonds. The molecule has 0 aromatic heterocycles. The van der Waals surface area contributed by atoms with Gasteiger partial charge in [0, 0.05) is 17.8 Å². The zero-order chi connectivity index (χ0) is 14.6. The summed E-state index contributed by atoms with van der Waals surface area (Å²) in [6.07, 6.45) is -5.73. The highest BCUT2D eigenvalue weighted by Gasteiger charge is 2.32. The summed E-state index contributed by atoms with van der Waals surface area (Å²) in [7, 11) is 0. The standard InChI is InChI=1S/C12H15F4NO2/c1-8(19)11-9(13)3-2-4-10(11)17(5-6-18)7-12(14,15)16/h2-4,8,18-19H,5-7H2,1H3/t8-/m1/s1. The third kappa shape index (κ3) is 4.36. The Kier molecular flexibility index (Phi) is 5.13. The third-order valence-corrected chi connectivity index (χ3v) is 2.53. The number of nitrogens with zero attached hydrogens (tertiary/aromatic N) is 1. The van der Waals surface area contributed by atoms with Crippen molar-refractivity contribution in [2.24, 2.45) is 0 Å². The summed E-state index contributed by atoms with van der Waals surface area (Å²) in [5.41, 5.74) is -0.276. The van der Waals surface area contributed by atoms with Crippen LogP contribution >= 0.6 is 0 Å². The van der Waals surface area contributed by atoms with Gasteiger partial charge in [0.15, 0.2) is 0 Å². The average Bonchev–Trinajstić information content (AvgIpc) is 2.25. The number of alkyl halides is 3. The van der Waals surface area contributed by atoms with Crippen LogP contribution in [0.15, 0.2) is 18.2 Å². The second-order valence-corrected chi connectivity index (χ2v) is 4.11. The third-order valence-electron chi connectivity index (χ3n) is 2.53. The van der Waals surface area contributed by atoms with Gasteiger partial charge in [-0.2, -0.15) is 13.2 Å². The predicted octanol–water partition coefficient (Wildman–Crippen LogP) is 2.24. The quantitative estimate of drug-likeness (QED) is 0.814. The minimum Gasteiger partial charge on any atom is -0.395 e. The lowest BCUT2D eigenvalue weighted by atomic mass is 10.1. The fourth-order valence-corrected chi connectivity index (χ4v) is 1.84. The van der Waals surface area contributed by atoms with Crippen LogP contribution in [0.25, 0.3) is 0 Å². The summed E-state index contributed by atoms with van der Waals surface area (Å²) >= 11 is 0. The smallest absolute Gasteiger partial charge is 0.395 e. The molecule has 0 fully saturated rings. The van der Waals surface area contributed by atoms with Crippen molar-refractivity contribution in [3.63, 3.8) is 0 Å².